The summed E-state index contributed by atoms with van der Waals surface area (Å²) < 4.78 is 11.7. The van der Waals surface area contributed by atoms with Gasteiger partial charge in [-0.3, -0.25) is 0 Å². The fourth-order valence-corrected chi connectivity index (χ4v) is 2.30. The third-order valence-corrected chi connectivity index (χ3v) is 3.62. The largest absolute Gasteiger partial charge is 0.475 e. The number of nitrogens with zero attached hydrogens (tertiary/aromatic N) is 1. The second-order valence-electron chi connectivity index (χ2n) is 6.11. The SMILES string of the molecule is CC(C)(C#Cc1ccc(Cl)cn1)Oc1ccc(Oc2ccccc2)cc1. The molecule has 1 heterocycles. The number of hydrogen-bond acceptors (Lipinski definition) is 3. The molecule has 0 bridgehead atoms. The lowest BCUT2D eigenvalue weighted by Gasteiger charge is -2.20. The summed E-state index contributed by atoms with van der Waals surface area (Å²) in [5.74, 6) is 8.35. The fraction of sp³-hybridized carbons (Fsp3) is 0.136. The van der Waals surface area contributed by atoms with E-state index < -0.39 is 5.60 Å². The highest BCUT2D eigenvalue weighted by molar-refractivity contribution is 6.30. The number of para-hydroxylation sites is 1. The molecule has 0 unspecified atom stereocenters. The van der Waals surface area contributed by atoms with Gasteiger partial charge in [0.15, 0.2) is 5.60 Å². The van der Waals surface area contributed by atoms with E-state index in [1.54, 1.807) is 18.3 Å². The van der Waals surface area contributed by atoms with Gasteiger partial charge in [0.25, 0.3) is 0 Å². The van der Waals surface area contributed by atoms with Gasteiger partial charge in [-0.2, -0.15) is 0 Å². The first-order valence-corrected chi connectivity index (χ1v) is 8.55. The number of hydrogen-bond donors (Lipinski definition) is 0. The minimum absolute atomic E-state index is 0.587. The Bertz CT molecular complexity index is 908. The van der Waals surface area contributed by atoms with Crippen molar-refractivity contribution < 1.29 is 9.47 Å². The van der Waals surface area contributed by atoms with Crippen LogP contribution in [0.25, 0.3) is 0 Å². The molecule has 2 aromatic carbocycles. The van der Waals surface area contributed by atoms with Gasteiger partial charge in [-0.15, -0.1) is 0 Å². The number of pyridine rings is 1. The van der Waals surface area contributed by atoms with Crippen LogP contribution in [0.2, 0.25) is 5.02 Å². The Morgan fingerprint density at radius 3 is 2.15 bits per heavy atom. The van der Waals surface area contributed by atoms with Crippen molar-refractivity contribution in [2.45, 2.75) is 19.4 Å². The van der Waals surface area contributed by atoms with Gasteiger partial charge in [-0.25, -0.2) is 4.98 Å². The van der Waals surface area contributed by atoms with Gasteiger partial charge in [0.2, 0.25) is 0 Å². The Kier molecular flexibility index (Phi) is 5.46. The number of rotatable bonds is 4. The Balaban J connectivity index is 1.65. The maximum absolute atomic E-state index is 5.97. The van der Waals surface area contributed by atoms with Gasteiger partial charge in [0.1, 0.15) is 22.9 Å². The first kappa shape index (κ1) is 17.8. The van der Waals surface area contributed by atoms with Crippen LogP contribution in [0.15, 0.2) is 72.9 Å². The van der Waals surface area contributed by atoms with Gasteiger partial charge in [-0.05, 0) is 74.2 Å². The number of aromatic nitrogens is 1. The maximum atomic E-state index is 5.97. The van der Waals surface area contributed by atoms with Crippen molar-refractivity contribution in [3.63, 3.8) is 0 Å². The van der Waals surface area contributed by atoms with Crippen LogP contribution in [-0.4, -0.2) is 10.6 Å². The molecular formula is C22H18ClNO2. The fourth-order valence-electron chi connectivity index (χ4n) is 2.18. The summed E-state index contributed by atoms with van der Waals surface area (Å²) in [4.78, 5) is 4.16. The third-order valence-electron chi connectivity index (χ3n) is 3.39. The molecule has 0 N–H and O–H groups in total. The van der Waals surface area contributed by atoms with Crippen LogP contribution in [0, 0.1) is 11.8 Å². The Labute approximate surface area is 158 Å². The molecule has 3 nitrogen and oxygen atoms in total. The Hall–Kier alpha value is -2.96. The average Bonchev–Trinajstić information content (AvgIpc) is 2.64. The Morgan fingerprint density at radius 2 is 1.50 bits per heavy atom. The van der Waals surface area contributed by atoms with E-state index in [1.165, 1.54) is 0 Å². The standard InChI is InChI=1S/C22H18ClNO2/c1-22(2,15-14-18-9-8-17(23)16-24-18)26-21-12-10-20(11-13-21)25-19-6-4-3-5-7-19/h3-13,16H,1-2H3. The highest BCUT2D eigenvalue weighted by Gasteiger charge is 2.16. The topological polar surface area (TPSA) is 31.4 Å². The minimum Gasteiger partial charge on any atom is -0.475 e. The summed E-state index contributed by atoms with van der Waals surface area (Å²) >= 11 is 5.83. The van der Waals surface area contributed by atoms with Crippen molar-refractivity contribution in [3.05, 3.63) is 83.6 Å². The van der Waals surface area contributed by atoms with Crippen LogP contribution in [0.5, 0.6) is 17.2 Å². The third kappa shape index (κ3) is 5.27. The summed E-state index contributed by atoms with van der Waals surface area (Å²) in [5.41, 5.74) is -0.0129. The predicted molar refractivity (Wildman–Crippen MR) is 104 cm³/mol. The molecule has 1 aromatic heterocycles. The van der Waals surface area contributed by atoms with E-state index in [2.05, 4.69) is 16.8 Å². The molecule has 0 fully saturated rings. The van der Waals surface area contributed by atoms with Crippen molar-refractivity contribution in [3.8, 4) is 29.1 Å². The zero-order chi connectivity index (χ0) is 18.4. The van der Waals surface area contributed by atoms with Crippen molar-refractivity contribution in [1.29, 1.82) is 0 Å². The zero-order valence-electron chi connectivity index (χ0n) is 14.6. The van der Waals surface area contributed by atoms with E-state index in [0.717, 1.165) is 11.5 Å². The van der Waals surface area contributed by atoms with Crippen LogP contribution in [0.4, 0.5) is 0 Å². The quantitative estimate of drug-likeness (QED) is 0.554. The molecule has 0 atom stereocenters. The number of ether oxygens (including phenoxy) is 2. The summed E-state index contributed by atoms with van der Waals surface area (Å²) in [6.45, 7) is 3.81. The molecule has 0 aliphatic heterocycles. The molecule has 0 saturated carbocycles. The Morgan fingerprint density at radius 1 is 0.846 bits per heavy atom. The second-order valence-corrected chi connectivity index (χ2v) is 6.55. The summed E-state index contributed by atoms with van der Waals surface area (Å²) in [6, 6.07) is 20.6. The normalized spacial score (nSPS) is 10.6. The number of halogens is 1. The lowest BCUT2D eigenvalue weighted by molar-refractivity contribution is 0.172. The van der Waals surface area contributed by atoms with E-state index >= 15 is 0 Å². The molecule has 0 saturated heterocycles. The first-order valence-electron chi connectivity index (χ1n) is 8.17. The molecular weight excluding hydrogens is 346 g/mol. The van der Waals surface area contributed by atoms with Crippen LogP contribution >= 0.6 is 11.6 Å². The van der Waals surface area contributed by atoms with E-state index in [4.69, 9.17) is 21.1 Å². The lowest BCUT2D eigenvalue weighted by atomic mass is 10.1. The first-order chi connectivity index (χ1) is 12.5. The summed E-state index contributed by atoms with van der Waals surface area (Å²) in [5, 5.41) is 0.587. The molecule has 0 radical (unpaired) electrons. The van der Waals surface area contributed by atoms with Crippen molar-refractivity contribution in [2.24, 2.45) is 0 Å². The van der Waals surface area contributed by atoms with E-state index in [-0.39, 0.29) is 0 Å². The van der Waals surface area contributed by atoms with Crippen LogP contribution < -0.4 is 9.47 Å². The van der Waals surface area contributed by atoms with Gasteiger partial charge >= 0.3 is 0 Å². The van der Waals surface area contributed by atoms with Crippen molar-refractivity contribution in [2.75, 3.05) is 0 Å². The minimum atomic E-state index is -0.664. The molecule has 3 aromatic rings. The molecule has 0 amide bonds. The van der Waals surface area contributed by atoms with Gasteiger partial charge in [0, 0.05) is 6.20 Å². The highest BCUT2D eigenvalue weighted by atomic mass is 35.5. The monoisotopic (exact) mass is 363 g/mol. The van der Waals surface area contributed by atoms with Gasteiger partial charge < -0.3 is 9.47 Å². The molecule has 3 rings (SSSR count). The second kappa shape index (κ2) is 7.95. The van der Waals surface area contributed by atoms with Crippen LogP contribution in [-0.2, 0) is 0 Å². The number of benzene rings is 2. The van der Waals surface area contributed by atoms with Crippen LogP contribution in [0.3, 0.4) is 0 Å². The summed E-state index contributed by atoms with van der Waals surface area (Å²) in [6.07, 6.45) is 1.57. The van der Waals surface area contributed by atoms with E-state index in [1.807, 2.05) is 68.4 Å². The van der Waals surface area contributed by atoms with Gasteiger partial charge in [-0.1, -0.05) is 29.8 Å². The zero-order valence-corrected chi connectivity index (χ0v) is 15.3. The van der Waals surface area contributed by atoms with E-state index in [0.29, 0.717) is 16.5 Å². The summed E-state index contributed by atoms with van der Waals surface area (Å²) in [7, 11) is 0. The molecule has 4 heteroatoms. The molecule has 26 heavy (non-hydrogen) atoms. The average molecular weight is 364 g/mol. The molecule has 0 spiro atoms. The van der Waals surface area contributed by atoms with E-state index in [9.17, 15) is 0 Å². The van der Waals surface area contributed by atoms with Crippen LogP contribution in [0.1, 0.15) is 19.5 Å². The maximum Gasteiger partial charge on any atom is 0.164 e. The van der Waals surface area contributed by atoms with Gasteiger partial charge in [0.05, 0.1) is 5.02 Å². The van der Waals surface area contributed by atoms with Crippen molar-refractivity contribution >= 4 is 11.6 Å². The molecule has 0 aliphatic carbocycles. The molecule has 0 aliphatic rings. The lowest BCUT2D eigenvalue weighted by Crippen LogP contribution is -2.25. The predicted octanol–water partition coefficient (Wildman–Crippen LogP) is 5.74. The smallest absolute Gasteiger partial charge is 0.164 e. The molecule has 130 valence electrons. The highest BCUT2D eigenvalue weighted by Crippen LogP contribution is 2.25. The van der Waals surface area contributed by atoms with Crippen molar-refractivity contribution in [1.82, 2.24) is 4.98 Å².